The van der Waals surface area contributed by atoms with Crippen molar-refractivity contribution in [1.82, 2.24) is 4.98 Å². The summed E-state index contributed by atoms with van der Waals surface area (Å²) in [5.74, 6) is 0.656. The van der Waals surface area contributed by atoms with Crippen LogP contribution in [-0.4, -0.2) is 10.1 Å². The van der Waals surface area contributed by atoms with Gasteiger partial charge in [0.25, 0.3) is 0 Å². The molecule has 3 aromatic rings. The summed E-state index contributed by atoms with van der Waals surface area (Å²) in [6, 6.07) is 11.8. The van der Waals surface area contributed by atoms with E-state index in [0.29, 0.717) is 11.0 Å². The van der Waals surface area contributed by atoms with Gasteiger partial charge in [0.2, 0.25) is 0 Å². The van der Waals surface area contributed by atoms with Crippen LogP contribution in [0.4, 0.5) is 11.4 Å². The maximum absolute atomic E-state index is 5.47. The van der Waals surface area contributed by atoms with Crippen molar-refractivity contribution in [1.29, 1.82) is 0 Å². The number of nitrogens with one attached hydrogen (secondary N) is 2. The molecule has 0 aliphatic carbocycles. The summed E-state index contributed by atoms with van der Waals surface area (Å²) in [7, 11) is 0. The molecule has 0 saturated heterocycles. The van der Waals surface area contributed by atoms with Gasteiger partial charge in [-0.05, 0) is 61.5 Å². The van der Waals surface area contributed by atoms with E-state index in [1.807, 2.05) is 37.3 Å². The largest absolute Gasteiger partial charge is 0.441 e. The first kappa shape index (κ1) is 14.5. The first-order chi connectivity index (χ1) is 10.5. The Hall–Kier alpha value is -2.40. The van der Waals surface area contributed by atoms with Crippen molar-refractivity contribution in [3.05, 3.63) is 53.4 Å². The summed E-state index contributed by atoms with van der Waals surface area (Å²) in [5, 5.41) is 6.96. The zero-order valence-corrected chi connectivity index (χ0v) is 13.5. The lowest BCUT2D eigenvalue weighted by Crippen LogP contribution is -2.19. The van der Waals surface area contributed by atoms with Crippen molar-refractivity contribution in [3.63, 3.8) is 0 Å². The SMILES string of the molecule is Cc1nc2cc(NC(=S)Nc3cccc(C)c3C)ccc2o1. The maximum Gasteiger partial charge on any atom is 0.192 e. The van der Waals surface area contributed by atoms with Gasteiger partial charge in [-0.1, -0.05) is 12.1 Å². The van der Waals surface area contributed by atoms with Crippen molar-refractivity contribution in [2.45, 2.75) is 20.8 Å². The van der Waals surface area contributed by atoms with Crippen LogP contribution in [0.5, 0.6) is 0 Å². The lowest BCUT2D eigenvalue weighted by atomic mass is 10.1. The second-order valence-corrected chi connectivity index (χ2v) is 5.65. The zero-order valence-electron chi connectivity index (χ0n) is 12.7. The number of fused-ring (bicyclic) bond motifs is 1. The Balaban J connectivity index is 1.76. The molecule has 1 aromatic heterocycles. The molecule has 0 bridgehead atoms. The smallest absolute Gasteiger partial charge is 0.192 e. The molecular formula is C17H17N3OS. The Kier molecular flexibility index (Phi) is 3.81. The highest BCUT2D eigenvalue weighted by molar-refractivity contribution is 7.80. The standard InChI is InChI=1S/C17H17N3OS/c1-10-5-4-6-14(11(10)2)20-17(22)19-13-7-8-16-15(9-13)18-12(3)21-16/h4-9H,1-3H3,(H2,19,20,22). The van der Waals surface area contributed by atoms with E-state index in [0.717, 1.165) is 22.5 Å². The van der Waals surface area contributed by atoms with Crippen LogP contribution in [0.15, 0.2) is 40.8 Å². The number of hydrogen-bond donors (Lipinski definition) is 2. The van der Waals surface area contributed by atoms with Crippen molar-refractivity contribution in [2.24, 2.45) is 0 Å². The molecule has 0 amide bonds. The van der Waals surface area contributed by atoms with Gasteiger partial charge in [0.05, 0.1) is 0 Å². The highest BCUT2D eigenvalue weighted by atomic mass is 32.1. The fourth-order valence-corrected chi connectivity index (χ4v) is 2.52. The van der Waals surface area contributed by atoms with E-state index in [2.05, 4.69) is 35.5 Å². The highest BCUT2D eigenvalue weighted by Gasteiger charge is 2.06. The molecule has 1 heterocycles. The molecule has 0 aliphatic heterocycles. The Bertz CT molecular complexity index is 854. The van der Waals surface area contributed by atoms with E-state index >= 15 is 0 Å². The molecule has 112 valence electrons. The molecule has 0 spiro atoms. The van der Waals surface area contributed by atoms with E-state index < -0.39 is 0 Å². The zero-order chi connectivity index (χ0) is 15.7. The Morgan fingerprint density at radius 2 is 1.91 bits per heavy atom. The fraction of sp³-hybridized carbons (Fsp3) is 0.176. The quantitative estimate of drug-likeness (QED) is 0.679. The molecule has 2 aromatic carbocycles. The number of anilines is 2. The third kappa shape index (κ3) is 2.94. The molecule has 0 saturated carbocycles. The maximum atomic E-state index is 5.47. The Labute approximate surface area is 134 Å². The van der Waals surface area contributed by atoms with Gasteiger partial charge in [-0.2, -0.15) is 0 Å². The Morgan fingerprint density at radius 3 is 2.73 bits per heavy atom. The lowest BCUT2D eigenvalue weighted by Gasteiger charge is -2.13. The van der Waals surface area contributed by atoms with E-state index in [9.17, 15) is 0 Å². The van der Waals surface area contributed by atoms with Gasteiger partial charge in [0.1, 0.15) is 5.52 Å². The molecule has 0 aliphatic rings. The van der Waals surface area contributed by atoms with Crippen LogP contribution in [0.2, 0.25) is 0 Å². The molecular weight excluding hydrogens is 294 g/mol. The monoisotopic (exact) mass is 311 g/mol. The van der Waals surface area contributed by atoms with Crippen LogP contribution in [0, 0.1) is 20.8 Å². The van der Waals surface area contributed by atoms with Gasteiger partial charge in [-0.15, -0.1) is 0 Å². The summed E-state index contributed by atoms with van der Waals surface area (Å²) in [5.41, 5.74) is 5.90. The Morgan fingerprint density at radius 1 is 1.09 bits per heavy atom. The number of benzene rings is 2. The lowest BCUT2D eigenvalue weighted by molar-refractivity contribution is 0.561. The summed E-state index contributed by atoms with van der Waals surface area (Å²) < 4.78 is 5.47. The van der Waals surface area contributed by atoms with Gasteiger partial charge in [0.15, 0.2) is 16.6 Å². The molecule has 2 N–H and O–H groups in total. The van der Waals surface area contributed by atoms with Crippen molar-refractivity contribution in [3.8, 4) is 0 Å². The van der Waals surface area contributed by atoms with Crippen LogP contribution < -0.4 is 10.6 Å². The molecule has 0 unspecified atom stereocenters. The van der Waals surface area contributed by atoms with E-state index in [-0.39, 0.29) is 0 Å². The predicted octanol–water partition coefficient (Wildman–Crippen LogP) is 4.56. The minimum atomic E-state index is 0.549. The third-order valence-electron chi connectivity index (χ3n) is 3.61. The summed E-state index contributed by atoms with van der Waals surface area (Å²) >= 11 is 5.38. The van der Waals surface area contributed by atoms with Gasteiger partial charge < -0.3 is 15.1 Å². The summed E-state index contributed by atoms with van der Waals surface area (Å²) in [4.78, 5) is 4.32. The number of aryl methyl sites for hydroxylation is 2. The van der Waals surface area contributed by atoms with Crippen LogP contribution in [0.1, 0.15) is 17.0 Å². The number of rotatable bonds is 2. The van der Waals surface area contributed by atoms with Crippen molar-refractivity contribution < 1.29 is 4.42 Å². The molecule has 0 fully saturated rings. The fourth-order valence-electron chi connectivity index (χ4n) is 2.29. The highest BCUT2D eigenvalue weighted by Crippen LogP contribution is 2.21. The average molecular weight is 311 g/mol. The minimum Gasteiger partial charge on any atom is -0.441 e. The predicted molar refractivity (Wildman–Crippen MR) is 94.5 cm³/mol. The second kappa shape index (κ2) is 5.77. The molecule has 4 nitrogen and oxygen atoms in total. The minimum absolute atomic E-state index is 0.549. The molecule has 0 atom stereocenters. The molecule has 3 rings (SSSR count). The van der Waals surface area contributed by atoms with Gasteiger partial charge >= 0.3 is 0 Å². The van der Waals surface area contributed by atoms with E-state index in [1.165, 1.54) is 11.1 Å². The number of oxazole rings is 1. The van der Waals surface area contributed by atoms with Crippen molar-refractivity contribution >= 4 is 39.8 Å². The molecule has 0 radical (unpaired) electrons. The van der Waals surface area contributed by atoms with Crippen LogP contribution in [0.3, 0.4) is 0 Å². The number of aromatic nitrogens is 1. The third-order valence-corrected chi connectivity index (χ3v) is 3.81. The van der Waals surface area contributed by atoms with Crippen LogP contribution in [0.25, 0.3) is 11.1 Å². The van der Waals surface area contributed by atoms with Crippen molar-refractivity contribution in [2.75, 3.05) is 10.6 Å². The van der Waals surface area contributed by atoms with Gasteiger partial charge in [0, 0.05) is 18.3 Å². The first-order valence-corrected chi connectivity index (χ1v) is 7.45. The van der Waals surface area contributed by atoms with Gasteiger partial charge in [-0.25, -0.2) is 4.98 Å². The molecule has 22 heavy (non-hydrogen) atoms. The van der Waals surface area contributed by atoms with E-state index in [4.69, 9.17) is 16.6 Å². The second-order valence-electron chi connectivity index (χ2n) is 5.24. The average Bonchev–Trinajstić information content (AvgIpc) is 2.83. The summed E-state index contributed by atoms with van der Waals surface area (Å²) in [6.07, 6.45) is 0. The summed E-state index contributed by atoms with van der Waals surface area (Å²) in [6.45, 7) is 5.99. The molecule has 5 heteroatoms. The normalized spacial score (nSPS) is 10.7. The number of hydrogen-bond acceptors (Lipinski definition) is 3. The first-order valence-electron chi connectivity index (χ1n) is 7.04. The topological polar surface area (TPSA) is 50.1 Å². The van der Waals surface area contributed by atoms with E-state index in [1.54, 1.807) is 0 Å². The number of thiocarbonyl (C=S) groups is 1. The van der Waals surface area contributed by atoms with Gasteiger partial charge in [-0.3, -0.25) is 0 Å². The van der Waals surface area contributed by atoms with Crippen LogP contribution >= 0.6 is 12.2 Å². The van der Waals surface area contributed by atoms with Crippen LogP contribution in [-0.2, 0) is 0 Å². The number of nitrogens with zero attached hydrogens (tertiary/aromatic N) is 1.